The number of halogens is 1. The van der Waals surface area contributed by atoms with E-state index in [1.807, 2.05) is 26.0 Å². The highest BCUT2D eigenvalue weighted by Gasteiger charge is 2.37. The maximum Gasteiger partial charge on any atom is 0.250 e. The van der Waals surface area contributed by atoms with Gasteiger partial charge in [-0.1, -0.05) is 37.6 Å². The molecule has 4 N–H and O–H groups in total. The molecule has 2 aliphatic rings. The van der Waals surface area contributed by atoms with E-state index in [-0.39, 0.29) is 11.9 Å². The monoisotopic (exact) mass is 463 g/mol. The summed E-state index contributed by atoms with van der Waals surface area (Å²) in [5.41, 5.74) is 6.88. The summed E-state index contributed by atoms with van der Waals surface area (Å²) in [6.45, 7) is 6.81. The molecule has 9 nitrogen and oxygen atoms in total. The highest BCUT2D eigenvalue weighted by molar-refractivity contribution is 6.30. The lowest BCUT2D eigenvalue weighted by molar-refractivity contribution is -0.144. The van der Waals surface area contributed by atoms with Crippen molar-refractivity contribution >= 4 is 29.4 Å². The molecule has 0 unspecified atom stereocenters. The number of carbonyl (C=O) groups excluding carboxylic acids is 1. The molecule has 2 saturated heterocycles. The van der Waals surface area contributed by atoms with Gasteiger partial charge in [0.2, 0.25) is 17.8 Å². The van der Waals surface area contributed by atoms with Crippen molar-refractivity contribution in [1.82, 2.24) is 25.4 Å². The molecular weight excluding hydrogens is 430 g/mol. The first-order chi connectivity index (χ1) is 15.5. The Balaban J connectivity index is 0.00000141. The number of nitrogens with one attached hydrogen (secondary N) is 2. The molecule has 3 heterocycles. The molecule has 32 heavy (non-hydrogen) atoms. The van der Waals surface area contributed by atoms with E-state index in [1.165, 1.54) is 5.56 Å². The number of hydrogen-bond donors (Lipinski definition) is 3. The molecule has 0 aliphatic carbocycles. The average molecular weight is 464 g/mol. The van der Waals surface area contributed by atoms with Crippen molar-refractivity contribution in [2.24, 2.45) is 0 Å². The van der Waals surface area contributed by atoms with E-state index in [0.717, 1.165) is 37.4 Å². The van der Waals surface area contributed by atoms with Crippen LogP contribution in [0.2, 0.25) is 5.02 Å². The molecule has 0 bridgehead atoms. The Bertz CT molecular complexity index is 852. The molecule has 10 heteroatoms. The van der Waals surface area contributed by atoms with E-state index in [0.29, 0.717) is 31.1 Å². The van der Waals surface area contributed by atoms with Crippen LogP contribution in [-0.4, -0.2) is 77.5 Å². The van der Waals surface area contributed by atoms with Crippen LogP contribution in [0.3, 0.4) is 0 Å². The number of aromatic amines is 1. The summed E-state index contributed by atoms with van der Waals surface area (Å²) in [5.74, 6) is 0.907. The molecule has 2 aliphatic heterocycles. The standard InChI is InChI=1S/C20H28ClN7O2.C2H6/c1-23-18(29)17-11-28(16(12-30-17)10-13-2-4-14(21)5-3-13)15-6-8-27(9-7-15)20-24-19(22)25-26-20;1-2/h2-5,15-17H,6-12H2,1H3,(H,23,29)(H3,22,24,25,26);1-2H3/t16-,17+;/m0./s1. The lowest BCUT2D eigenvalue weighted by atomic mass is 9.96. The second-order valence-electron chi connectivity index (χ2n) is 7.86. The minimum atomic E-state index is -0.442. The second-order valence-corrected chi connectivity index (χ2v) is 8.29. The summed E-state index contributed by atoms with van der Waals surface area (Å²) < 4.78 is 5.93. The molecule has 2 atom stereocenters. The number of nitrogens with zero attached hydrogens (tertiary/aromatic N) is 4. The van der Waals surface area contributed by atoms with Crippen LogP contribution in [0, 0.1) is 0 Å². The topological polar surface area (TPSA) is 112 Å². The molecule has 1 aromatic carbocycles. The highest BCUT2D eigenvalue weighted by atomic mass is 35.5. The molecule has 0 radical (unpaired) electrons. The minimum absolute atomic E-state index is 0.0708. The van der Waals surface area contributed by atoms with Gasteiger partial charge in [-0.25, -0.2) is 5.10 Å². The smallest absolute Gasteiger partial charge is 0.250 e. The van der Waals surface area contributed by atoms with Gasteiger partial charge in [-0.2, -0.15) is 4.98 Å². The van der Waals surface area contributed by atoms with Crippen LogP contribution in [0.25, 0.3) is 0 Å². The number of morpholine rings is 1. The van der Waals surface area contributed by atoms with E-state index in [4.69, 9.17) is 22.1 Å². The van der Waals surface area contributed by atoms with Gasteiger partial charge in [0.1, 0.15) is 6.10 Å². The van der Waals surface area contributed by atoms with Gasteiger partial charge in [0, 0.05) is 43.8 Å². The Morgan fingerprint density at radius 3 is 2.56 bits per heavy atom. The maximum atomic E-state index is 12.2. The maximum absolute atomic E-state index is 12.2. The van der Waals surface area contributed by atoms with Gasteiger partial charge < -0.3 is 20.7 Å². The van der Waals surface area contributed by atoms with Gasteiger partial charge in [0.05, 0.1) is 6.61 Å². The quantitative estimate of drug-likeness (QED) is 0.622. The number of nitrogen functional groups attached to an aromatic ring is 1. The third-order valence-corrected chi connectivity index (χ3v) is 6.22. The third-order valence-electron chi connectivity index (χ3n) is 5.97. The number of amides is 1. The van der Waals surface area contributed by atoms with Crippen molar-refractivity contribution in [2.45, 2.75) is 51.3 Å². The summed E-state index contributed by atoms with van der Waals surface area (Å²) in [6, 6.07) is 8.52. The van der Waals surface area contributed by atoms with Crippen molar-refractivity contribution in [3.63, 3.8) is 0 Å². The first kappa shape index (κ1) is 24.3. The van der Waals surface area contributed by atoms with E-state index >= 15 is 0 Å². The fourth-order valence-electron chi connectivity index (χ4n) is 4.36. The molecule has 1 aromatic heterocycles. The molecule has 2 aromatic rings. The minimum Gasteiger partial charge on any atom is -0.368 e. The Morgan fingerprint density at radius 1 is 1.28 bits per heavy atom. The number of ether oxygens (including phenoxy) is 1. The molecule has 1 amide bonds. The van der Waals surface area contributed by atoms with Crippen molar-refractivity contribution in [2.75, 3.05) is 43.9 Å². The number of piperidine rings is 1. The fourth-order valence-corrected chi connectivity index (χ4v) is 4.48. The molecule has 0 saturated carbocycles. The summed E-state index contributed by atoms with van der Waals surface area (Å²) in [7, 11) is 1.65. The predicted molar refractivity (Wildman–Crippen MR) is 127 cm³/mol. The van der Waals surface area contributed by atoms with Crippen LogP contribution in [0.15, 0.2) is 24.3 Å². The van der Waals surface area contributed by atoms with Crippen molar-refractivity contribution in [1.29, 1.82) is 0 Å². The average Bonchev–Trinajstić information content (AvgIpc) is 3.28. The Kier molecular flexibility index (Phi) is 8.72. The van der Waals surface area contributed by atoms with E-state index in [1.54, 1.807) is 7.05 Å². The number of carbonyl (C=O) groups is 1. The van der Waals surface area contributed by atoms with Crippen LogP contribution in [0.5, 0.6) is 0 Å². The van der Waals surface area contributed by atoms with Gasteiger partial charge in [-0.3, -0.25) is 9.69 Å². The Morgan fingerprint density at radius 2 is 1.97 bits per heavy atom. The van der Waals surface area contributed by atoms with Crippen LogP contribution in [-0.2, 0) is 16.0 Å². The zero-order chi connectivity index (χ0) is 23.1. The number of hydrogen-bond acceptors (Lipinski definition) is 7. The van der Waals surface area contributed by atoms with Gasteiger partial charge in [0.25, 0.3) is 0 Å². The van der Waals surface area contributed by atoms with Crippen molar-refractivity contribution < 1.29 is 9.53 Å². The number of aromatic nitrogens is 3. The zero-order valence-corrected chi connectivity index (χ0v) is 19.8. The van der Waals surface area contributed by atoms with Crippen LogP contribution < -0.4 is 16.0 Å². The summed E-state index contributed by atoms with van der Waals surface area (Å²) in [4.78, 5) is 21.1. The predicted octanol–water partition coefficient (Wildman–Crippen LogP) is 2.09. The van der Waals surface area contributed by atoms with Crippen LogP contribution in [0.1, 0.15) is 32.3 Å². The number of anilines is 2. The normalized spacial score (nSPS) is 22.2. The Labute approximate surface area is 194 Å². The van der Waals surface area contributed by atoms with Gasteiger partial charge in [-0.15, -0.1) is 5.10 Å². The fraction of sp³-hybridized carbons (Fsp3) is 0.591. The van der Waals surface area contributed by atoms with E-state index in [9.17, 15) is 4.79 Å². The molecular formula is C22H34ClN7O2. The van der Waals surface area contributed by atoms with Gasteiger partial charge >= 0.3 is 0 Å². The first-order valence-corrected chi connectivity index (χ1v) is 11.7. The van der Waals surface area contributed by atoms with Crippen molar-refractivity contribution in [3.8, 4) is 0 Å². The Hall–Kier alpha value is -2.36. The van der Waals surface area contributed by atoms with Crippen molar-refractivity contribution in [3.05, 3.63) is 34.9 Å². The molecule has 0 spiro atoms. The number of benzene rings is 1. The lowest BCUT2D eigenvalue weighted by Crippen LogP contribution is -2.59. The van der Waals surface area contributed by atoms with Gasteiger partial charge in [-0.05, 0) is 37.0 Å². The third kappa shape index (κ3) is 5.90. The summed E-state index contributed by atoms with van der Waals surface area (Å²) in [6.07, 6.45) is 2.34. The number of rotatable bonds is 5. The molecule has 4 rings (SSSR count). The van der Waals surface area contributed by atoms with E-state index in [2.05, 4.69) is 42.4 Å². The second kappa shape index (κ2) is 11.5. The SMILES string of the molecule is CC.CNC(=O)[C@H]1CN(C2CCN(c3n[nH]c(N)n3)CC2)[C@@H](Cc2ccc(Cl)cc2)CO1. The largest absolute Gasteiger partial charge is 0.368 e. The van der Waals surface area contributed by atoms with Crippen LogP contribution in [0.4, 0.5) is 11.9 Å². The molecule has 176 valence electrons. The number of H-pyrrole nitrogens is 1. The van der Waals surface area contributed by atoms with Gasteiger partial charge in [0.15, 0.2) is 0 Å². The first-order valence-electron chi connectivity index (χ1n) is 11.3. The van der Waals surface area contributed by atoms with E-state index < -0.39 is 6.10 Å². The van der Waals surface area contributed by atoms with Crippen LogP contribution >= 0.6 is 11.6 Å². The lowest BCUT2D eigenvalue weighted by Gasteiger charge is -2.46. The number of likely N-dealkylation sites (N-methyl/N-ethyl adjacent to an activating group) is 1. The molecule has 2 fully saturated rings. The summed E-state index contributed by atoms with van der Waals surface area (Å²) in [5, 5.41) is 10.3. The zero-order valence-electron chi connectivity index (χ0n) is 19.1. The highest BCUT2D eigenvalue weighted by Crippen LogP contribution is 2.26. The summed E-state index contributed by atoms with van der Waals surface area (Å²) >= 11 is 6.04. The number of nitrogens with two attached hydrogens (primary N) is 1.